The zero-order valence-electron chi connectivity index (χ0n) is 17.8. The van der Waals surface area contributed by atoms with E-state index in [-0.39, 0.29) is 16.6 Å². The van der Waals surface area contributed by atoms with Crippen molar-refractivity contribution in [3.05, 3.63) is 90.5 Å². The molecule has 5 rings (SSSR count). The molecule has 3 aromatic carbocycles. The first-order valence-electron chi connectivity index (χ1n) is 10.2. The molecule has 0 aliphatic rings. The Bertz CT molecular complexity index is 1620. The minimum atomic E-state index is -4.07. The summed E-state index contributed by atoms with van der Waals surface area (Å²) < 4.78 is 32.5. The SMILES string of the molecule is O=C(Nc1nc2cc(OS(=O)(=O)c3ccc(-n4ccnc4)cc3)ccc2[nH]1)Nc1ccccc1Cl. The summed E-state index contributed by atoms with van der Waals surface area (Å²) in [6.45, 7) is 0. The van der Waals surface area contributed by atoms with Crippen LogP contribution >= 0.6 is 11.6 Å². The fraction of sp³-hybridized carbons (Fsp3) is 0. The van der Waals surface area contributed by atoms with Crippen molar-refractivity contribution in [1.82, 2.24) is 19.5 Å². The summed E-state index contributed by atoms with van der Waals surface area (Å²) in [5, 5.41) is 5.60. The van der Waals surface area contributed by atoms with Crippen LogP contribution in [0.3, 0.4) is 0 Å². The van der Waals surface area contributed by atoms with E-state index in [9.17, 15) is 13.2 Å². The van der Waals surface area contributed by atoms with Gasteiger partial charge in [0, 0.05) is 24.1 Å². The largest absolute Gasteiger partial charge is 0.379 e. The fourth-order valence-corrected chi connectivity index (χ4v) is 4.40. The highest BCUT2D eigenvalue weighted by molar-refractivity contribution is 7.87. The van der Waals surface area contributed by atoms with Gasteiger partial charge in [-0.25, -0.2) is 14.8 Å². The number of benzene rings is 3. The van der Waals surface area contributed by atoms with Crippen LogP contribution in [0.4, 0.5) is 16.4 Å². The standard InChI is InChI=1S/C23H17ClN6O4S/c24-18-3-1-2-4-19(18)28-23(31)29-22-26-20-10-7-16(13-21(20)27-22)34-35(32,33)17-8-5-15(6-9-17)30-12-11-25-14-30/h1-14H,(H3,26,27,28,29,31). The van der Waals surface area contributed by atoms with E-state index in [4.69, 9.17) is 15.8 Å². The van der Waals surface area contributed by atoms with Crippen molar-refractivity contribution in [2.24, 2.45) is 0 Å². The molecular formula is C23H17ClN6O4S. The van der Waals surface area contributed by atoms with Gasteiger partial charge in [-0.2, -0.15) is 8.42 Å². The van der Waals surface area contributed by atoms with E-state index < -0.39 is 16.1 Å². The number of H-pyrrole nitrogens is 1. The number of carbonyl (C=O) groups excluding carboxylic acids is 1. The molecule has 0 atom stereocenters. The van der Waals surface area contributed by atoms with E-state index in [0.29, 0.717) is 21.7 Å². The molecule has 0 saturated carbocycles. The van der Waals surface area contributed by atoms with Crippen molar-refractivity contribution >= 4 is 50.4 Å². The van der Waals surface area contributed by atoms with Crippen LogP contribution in [-0.2, 0) is 10.1 Å². The predicted octanol–water partition coefficient (Wildman–Crippen LogP) is 4.81. The summed E-state index contributed by atoms with van der Waals surface area (Å²) in [5.74, 6) is 0.245. The molecule has 2 amide bonds. The molecule has 176 valence electrons. The molecule has 2 aromatic heterocycles. The van der Waals surface area contributed by atoms with E-state index in [2.05, 4.69) is 25.6 Å². The number of hydrogen-bond donors (Lipinski definition) is 3. The molecule has 0 unspecified atom stereocenters. The number of imidazole rings is 2. The van der Waals surface area contributed by atoms with Gasteiger partial charge in [-0.3, -0.25) is 5.32 Å². The number of anilines is 2. The smallest absolute Gasteiger partial charge is 0.339 e. The number of amides is 2. The Kier molecular flexibility index (Phi) is 5.85. The molecule has 0 fully saturated rings. The maximum atomic E-state index is 12.7. The number of nitrogens with zero attached hydrogens (tertiary/aromatic N) is 3. The third-order valence-electron chi connectivity index (χ3n) is 4.94. The first-order valence-corrected chi connectivity index (χ1v) is 12.0. The van der Waals surface area contributed by atoms with Gasteiger partial charge in [-0.05, 0) is 48.5 Å². The van der Waals surface area contributed by atoms with Crippen LogP contribution in [0, 0.1) is 0 Å². The molecule has 0 radical (unpaired) electrons. The molecule has 0 saturated heterocycles. The van der Waals surface area contributed by atoms with Gasteiger partial charge in [0.2, 0.25) is 5.95 Å². The Labute approximate surface area is 204 Å². The molecule has 0 bridgehead atoms. The maximum Gasteiger partial charge on any atom is 0.339 e. The summed E-state index contributed by atoms with van der Waals surface area (Å²) in [6.07, 6.45) is 5.00. The van der Waals surface area contributed by atoms with Gasteiger partial charge in [-0.15, -0.1) is 0 Å². The molecule has 10 nitrogen and oxygen atoms in total. The van der Waals surface area contributed by atoms with Gasteiger partial charge >= 0.3 is 16.1 Å². The Morgan fingerprint density at radius 3 is 2.57 bits per heavy atom. The number of rotatable bonds is 6. The number of aromatic nitrogens is 4. The number of nitrogens with one attached hydrogen (secondary N) is 3. The van der Waals surface area contributed by atoms with Crippen molar-refractivity contribution in [2.45, 2.75) is 4.90 Å². The van der Waals surface area contributed by atoms with Crippen LogP contribution in [0.15, 0.2) is 90.3 Å². The maximum absolute atomic E-state index is 12.7. The normalized spacial score (nSPS) is 11.3. The second kappa shape index (κ2) is 9.12. The van der Waals surface area contributed by atoms with Gasteiger partial charge in [0.05, 0.1) is 28.1 Å². The summed E-state index contributed by atoms with van der Waals surface area (Å²) >= 11 is 6.05. The molecular weight excluding hydrogens is 492 g/mol. The lowest BCUT2D eigenvalue weighted by Crippen LogP contribution is -2.20. The quantitative estimate of drug-likeness (QED) is 0.282. The highest BCUT2D eigenvalue weighted by Gasteiger charge is 2.18. The number of fused-ring (bicyclic) bond motifs is 1. The third kappa shape index (κ3) is 4.95. The minimum Gasteiger partial charge on any atom is -0.379 e. The van der Waals surface area contributed by atoms with Crippen LogP contribution in [0.25, 0.3) is 16.7 Å². The topological polar surface area (TPSA) is 131 Å². The Balaban J connectivity index is 1.29. The average molecular weight is 509 g/mol. The predicted molar refractivity (Wildman–Crippen MR) is 132 cm³/mol. The molecule has 2 heterocycles. The van der Waals surface area contributed by atoms with E-state index >= 15 is 0 Å². The lowest BCUT2D eigenvalue weighted by Gasteiger charge is -2.08. The molecule has 35 heavy (non-hydrogen) atoms. The van der Waals surface area contributed by atoms with E-state index in [1.54, 1.807) is 65.8 Å². The number of para-hydroxylation sites is 1. The molecule has 12 heteroatoms. The van der Waals surface area contributed by atoms with Gasteiger partial charge in [0.15, 0.2) is 0 Å². The lowest BCUT2D eigenvalue weighted by molar-refractivity contribution is 0.262. The van der Waals surface area contributed by atoms with Crippen molar-refractivity contribution < 1.29 is 17.4 Å². The summed E-state index contributed by atoms with van der Waals surface area (Å²) in [7, 11) is -4.07. The second-order valence-electron chi connectivity index (χ2n) is 7.32. The summed E-state index contributed by atoms with van der Waals surface area (Å²) in [6, 6.07) is 17.0. The minimum absolute atomic E-state index is 0.00193. The second-order valence-corrected chi connectivity index (χ2v) is 9.28. The first kappa shape index (κ1) is 22.4. The van der Waals surface area contributed by atoms with Gasteiger partial charge in [-0.1, -0.05) is 23.7 Å². The monoisotopic (exact) mass is 508 g/mol. The number of carbonyl (C=O) groups is 1. The van der Waals surface area contributed by atoms with Crippen LogP contribution in [-0.4, -0.2) is 34.0 Å². The van der Waals surface area contributed by atoms with Crippen molar-refractivity contribution in [2.75, 3.05) is 10.6 Å². The van der Waals surface area contributed by atoms with Crippen LogP contribution in [0.5, 0.6) is 5.75 Å². The van der Waals surface area contributed by atoms with E-state index in [1.807, 2.05) is 0 Å². The van der Waals surface area contributed by atoms with Gasteiger partial charge in [0.25, 0.3) is 0 Å². The van der Waals surface area contributed by atoms with E-state index in [0.717, 1.165) is 5.69 Å². The summed E-state index contributed by atoms with van der Waals surface area (Å²) in [4.78, 5) is 23.5. The highest BCUT2D eigenvalue weighted by Crippen LogP contribution is 2.25. The lowest BCUT2D eigenvalue weighted by atomic mass is 10.3. The highest BCUT2D eigenvalue weighted by atomic mass is 35.5. The molecule has 5 aromatic rings. The number of aromatic amines is 1. The molecule has 0 aliphatic heterocycles. The van der Waals surface area contributed by atoms with Crippen LogP contribution in [0.2, 0.25) is 5.02 Å². The molecule has 0 spiro atoms. The number of urea groups is 1. The Morgan fingerprint density at radius 2 is 1.83 bits per heavy atom. The van der Waals surface area contributed by atoms with Gasteiger partial charge in [0.1, 0.15) is 10.6 Å². The number of halogens is 1. The van der Waals surface area contributed by atoms with Crippen molar-refractivity contribution in [3.63, 3.8) is 0 Å². The number of hydrogen-bond acceptors (Lipinski definition) is 6. The van der Waals surface area contributed by atoms with Crippen molar-refractivity contribution in [1.29, 1.82) is 0 Å². The Morgan fingerprint density at radius 1 is 1.03 bits per heavy atom. The van der Waals surface area contributed by atoms with Crippen LogP contribution in [0.1, 0.15) is 0 Å². The molecule has 3 N–H and O–H groups in total. The Hall–Kier alpha value is -4.35. The van der Waals surface area contributed by atoms with Crippen molar-refractivity contribution in [3.8, 4) is 11.4 Å². The molecule has 0 aliphatic carbocycles. The van der Waals surface area contributed by atoms with E-state index in [1.165, 1.54) is 24.3 Å². The zero-order valence-corrected chi connectivity index (χ0v) is 19.4. The summed E-state index contributed by atoms with van der Waals surface area (Å²) in [5.41, 5.74) is 2.19. The third-order valence-corrected chi connectivity index (χ3v) is 6.53. The zero-order chi connectivity index (χ0) is 24.4. The average Bonchev–Trinajstić information content (AvgIpc) is 3.50. The van der Waals surface area contributed by atoms with Crippen LogP contribution < -0.4 is 14.8 Å². The fourth-order valence-electron chi connectivity index (χ4n) is 3.29. The first-order chi connectivity index (χ1) is 16.9. The van der Waals surface area contributed by atoms with Gasteiger partial charge < -0.3 is 19.1 Å².